The van der Waals surface area contributed by atoms with Crippen molar-refractivity contribution in [1.82, 2.24) is 14.8 Å². The van der Waals surface area contributed by atoms with Gasteiger partial charge in [0.1, 0.15) is 0 Å². The van der Waals surface area contributed by atoms with E-state index in [0.717, 1.165) is 35.7 Å². The normalized spacial score (nSPS) is 18.9. The van der Waals surface area contributed by atoms with E-state index in [0.29, 0.717) is 6.10 Å². The Hall–Kier alpha value is -0.920. The van der Waals surface area contributed by atoms with Crippen LogP contribution in [0.25, 0.3) is 0 Å². The SMILES string of the molecule is Brc1cnn(Cc2cnc(NCC3CCCO3)s2)c1. The molecule has 1 aliphatic heterocycles. The molecule has 1 unspecified atom stereocenters. The van der Waals surface area contributed by atoms with Crippen LogP contribution >= 0.6 is 27.3 Å². The summed E-state index contributed by atoms with van der Waals surface area (Å²) in [5.41, 5.74) is 0. The van der Waals surface area contributed by atoms with Gasteiger partial charge in [-0.2, -0.15) is 5.10 Å². The zero-order chi connectivity index (χ0) is 13.1. The fourth-order valence-electron chi connectivity index (χ4n) is 2.05. The van der Waals surface area contributed by atoms with Crippen LogP contribution in [0.4, 0.5) is 5.13 Å². The second kappa shape index (κ2) is 6.02. The van der Waals surface area contributed by atoms with Crippen LogP contribution in [0.5, 0.6) is 0 Å². The Morgan fingerprint density at radius 2 is 2.47 bits per heavy atom. The lowest BCUT2D eigenvalue weighted by Crippen LogP contribution is -2.18. The number of halogens is 1. The van der Waals surface area contributed by atoms with Crippen molar-refractivity contribution in [1.29, 1.82) is 0 Å². The number of anilines is 1. The number of nitrogens with one attached hydrogen (secondary N) is 1. The summed E-state index contributed by atoms with van der Waals surface area (Å²) in [5.74, 6) is 0. The predicted molar refractivity (Wildman–Crippen MR) is 78.6 cm³/mol. The van der Waals surface area contributed by atoms with Gasteiger partial charge in [-0.3, -0.25) is 4.68 Å². The monoisotopic (exact) mass is 342 g/mol. The molecule has 0 amide bonds. The Labute approximate surface area is 124 Å². The number of thiazole rings is 1. The number of hydrogen-bond donors (Lipinski definition) is 1. The summed E-state index contributed by atoms with van der Waals surface area (Å²) in [4.78, 5) is 5.56. The molecule has 3 rings (SSSR count). The minimum Gasteiger partial charge on any atom is -0.376 e. The lowest BCUT2D eigenvalue weighted by Gasteiger charge is -2.08. The van der Waals surface area contributed by atoms with E-state index in [-0.39, 0.29) is 0 Å². The Balaban J connectivity index is 1.53. The summed E-state index contributed by atoms with van der Waals surface area (Å²) in [6.45, 7) is 2.49. The van der Waals surface area contributed by atoms with Gasteiger partial charge in [-0.1, -0.05) is 0 Å². The molecule has 1 atom stereocenters. The van der Waals surface area contributed by atoms with Crippen molar-refractivity contribution in [3.63, 3.8) is 0 Å². The standard InChI is InChI=1S/C12H15BrN4OS/c13-9-4-16-17(7-9)8-11-6-15-12(19-11)14-5-10-2-1-3-18-10/h4,6-7,10H,1-3,5,8H2,(H,14,15). The molecule has 0 spiro atoms. The summed E-state index contributed by atoms with van der Waals surface area (Å²) < 4.78 is 8.46. The van der Waals surface area contributed by atoms with Gasteiger partial charge in [0.05, 0.1) is 23.3 Å². The molecule has 0 bridgehead atoms. The first kappa shape index (κ1) is 13.1. The van der Waals surface area contributed by atoms with Crippen molar-refractivity contribution in [3.8, 4) is 0 Å². The fraction of sp³-hybridized carbons (Fsp3) is 0.500. The molecule has 2 aromatic heterocycles. The molecule has 102 valence electrons. The van der Waals surface area contributed by atoms with E-state index >= 15 is 0 Å². The van der Waals surface area contributed by atoms with Crippen LogP contribution in [-0.2, 0) is 11.3 Å². The molecule has 0 aromatic carbocycles. The van der Waals surface area contributed by atoms with Crippen molar-refractivity contribution < 1.29 is 4.74 Å². The highest BCUT2D eigenvalue weighted by Gasteiger charge is 2.15. The van der Waals surface area contributed by atoms with Gasteiger partial charge in [-0.25, -0.2) is 4.98 Å². The maximum Gasteiger partial charge on any atom is 0.183 e. The lowest BCUT2D eigenvalue weighted by atomic mass is 10.2. The number of hydrogen-bond acceptors (Lipinski definition) is 5. The van der Waals surface area contributed by atoms with Gasteiger partial charge in [0.25, 0.3) is 0 Å². The highest BCUT2D eigenvalue weighted by atomic mass is 79.9. The molecular weight excluding hydrogens is 328 g/mol. The highest BCUT2D eigenvalue weighted by Crippen LogP contribution is 2.20. The van der Waals surface area contributed by atoms with E-state index in [1.54, 1.807) is 17.5 Å². The molecule has 19 heavy (non-hydrogen) atoms. The predicted octanol–water partition coefficient (Wildman–Crippen LogP) is 2.74. The second-order valence-electron chi connectivity index (χ2n) is 4.50. The van der Waals surface area contributed by atoms with E-state index in [9.17, 15) is 0 Å². The molecule has 1 aliphatic rings. The minimum atomic E-state index is 0.342. The Morgan fingerprint density at radius 3 is 3.21 bits per heavy atom. The molecule has 0 saturated carbocycles. The number of aromatic nitrogens is 3. The van der Waals surface area contributed by atoms with Crippen molar-refractivity contribution >= 4 is 32.4 Å². The molecule has 1 saturated heterocycles. The first-order chi connectivity index (χ1) is 9.29. The van der Waals surface area contributed by atoms with Gasteiger partial charge in [-0.15, -0.1) is 11.3 Å². The Morgan fingerprint density at radius 1 is 1.53 bits per heavy atom. The maximum absolute atomic E-state index is 5.57. The minimum absolute atomic E-state index is 0.342. The molecule has 1 fully saturated rings. The van der Waals surface area contributed by atoms with Gasteiger partial charge in [-0.05, 0) is 28.8 Å². The Kier molecular flexibility index (Phi) is 4.15. The van der Waals surface area contributed by atoms with Crippen molar-refractivity contribution in [3.05, 3.63) is 27.9 Å². The van der Waals surface area contributed by atoms with Crippen LogP contribution < -0.4 is 5.32 Å². The summed E-state index contributed by atoms with van der Waals surface area (Å²) in [6.07, 6.45) is 8.31. The first-order valence-corrected chi connectivity index (χ1v) is 7.89. The fourth-order valence-corrected chi connectivity index (χ4v) is 3.19. The average Bonchev–Trinajstić information content (AvgIpc) is 3.10. The van der Waals surface area contributed by atoms with Gasteiger partial charge in [0.15, 0.2) is 5.13 Å². The topological polar surface area (TPSA) is 52.0 Å². The molecule has 7 heteroatoms. The second-order valence-corrected chi connectivity index (χ2v) is 6.53. The largest absolute Gasteiger partial charge is 0.376 e. The third kappa shape index (κ3) is 3.55. The van der Waals surface area contributed by atoms with E-state index in [2.05, 4.69) is 31.3 Å². The van der Waals surface area contributed by atoms with Gasteiger partial charge in [0.2, 0.25) is 0 Å². The van der Waals surface area contributed by atoms with Crippen LogP contribution in [0.3, 0.4) is 0 Å². The van der Waals surface area contributed by atoms with Crippen LogP contribution in [0.15, 0.2) is 23.1 Å². The van der Waals surface area contributed by atoms with Crippen LogP contribution in [0.2, 0.25) is 0 Å². The summed E-state index contributed by atoms with van der Waals surface area (Å²) in [6, 6.07) is 0. The van der Waals surface area contributed by atoms with Gasteiger partial charge >= 0.3 is 0 Å². The summed E-state index contributed by atoms with van der Waals surface area (Å²) in [5, 5.41) is 8.53. The smallest absolute Gasteiger partial charge is 0.183 e. The summed E-state index contributed by atoms with van der Waals surface area (Å²) in [7, 11) is 0. The van der Waals surface area contributed by atoms with E-state index < -0.39 is 0 Å². The van der Waals surface area contributed by atoms with Crippen molar-refractivity contribution in [2.75, 3.05) is 18.5 Å². The van der Waals surface area contributed by atoms with Gasteiger partial charge < -0.3 is 10.1 Å². The molecule has 3 heterocycles. The average molecular weight is 343 g/mol. The molecule has 0 aliphatic carbocycles. The molecule has 0 radical (unpaired) electrons. The first-order valence-electron chi connectivity index (χ1n) is 6.28. The van der Waals surface area contributed by atoms with Crippen LogP contribution in [0, 0.1) is 0 Å². The van der Waals surface area contributed by atoms with Crippen LogP contribution in [-0.4, -0.2) is 34.0 Å². The maximum atomic E-state index is 5.57. The zero-order valence-corrected chi connectivity index (χ0v) is 12.8. The van der Waals surface area contributed by atoms with Gasteiger partial charge in [0, 0.05) is 30.4 Å². The highest BCUT2D eigenvalue weighted by molar-refractivity contribution is 9.10. The Bertz CT molecular complexity index is 535. The third-order valence-corrected chi connectivity index (χ3v) is 4.33. The molecular formula is C12H15BrN4OS. The molecule has 1 N–H and O–H groups in total. The van der Waals surface area contributed by atoms with E-state index in [4.69, 9.17) is 4.74 Å². The molecule has 5 nitrogen and oxygen atoms in total. The third-order valence-electron chi connectivity index (χ3n) is 2.98. The molecule has 2 aromatic rings. The van der Waals surface area contributed by atoms with Crippen molar-refractivity contribution in [2.45, 2.75) is 25.5 Å². The number of ether oxygens (including phenoxy) is 1. The van der Waals surface area contributed by atoms with Crippen LogP contribution in [0.1, 0.15) is 17.7 Å². The van der Waals surface area contributed by atoms with Crippen molar-refractivity contribution in [2.24, 2.45) is 0 Å². The quantitative estimate of drug-likeness (QED) is 0.907. The zero-order valence-electron chi connectivity index (χ0n) is 10.4. The number of nitrogens with zero attached hydrogens (tertiary/aromatic N) is 3. The number of rotatable bonds is 5. The lowest BCUT2D eigenvalue weighted by molar-refractivity contribution is 0.120. The van der Waals surface area contributed by atoms with E-state index in [1.165, 1.54) is 11.3 Å². The van der Waals surface area contributed by atoms with E-state index in [1.807, 2.05) is 17.1 Å². The summed E-state index contributed by atoms with van der Waals surface area (Å²) >= 11 is 5.06.